The van der Waals surface area contributed by atoms with E-state index in [1.54, 1.807) is 0 Å². The molecule has 0 aliphatic carbocycles. The molecule has 0 spiro atoms. The Morgan fingerprint density at radius 3 is 2.50 bits per heavy atom. The summed E-state index contributed by atoms with van der Waals surface area (Å²) in [5.74, 6) is 0.819. The zero-order chi connectivity index (χ0) is 15.8. The number of para-hydroxylation sites is 1. The van der Waals surface area contributed by atoms with Gasteiger partial charge in [0.25, 0.3) is 0 Å². The highest BCUT2D eigenvalue weighted by molar-refractivity contribution is 6.11. The number of nitrogens with two attached hydrogens (primary N) is 1. The van der Waals surface area contributed by atoms with Crippen LogP contribution in [0.2, 0.25) is 0 Å². The van der Waals surface area contributed by atoms with E-state index in [0.717, 1.165) is 33.7 Å². The molecule has 0 saturated heterocycles. The fourth-order valence-corrected chi connectivity index (χ4v) is 2.92. The zero-order valence-corrected chi connectivity index (χ0v) is 14.0. The number of halogens is 1. The van der Waals surface area contributed by atoms with Crippen LogP contribution in [0.3, 0.4) is 0 Å². The first kappa shape index (κ1) is 16.3. The van der Waals surface area contributed by atoms with Gasteiger partial charge in [0, 0.05) is 30.1 Å². The molecule has 2 heterocycles. The van der Waals surface area contributed by atoms with Crippen LogP contribution in [0.4, 0.5) is 0 Å². The number of aromatic nitrogens is 1. The summed E-state index contributed by atoms with van der Waals surface area (Å²) in [5.41, 5.74) is 16.9. The van der Waals surface area contributed by atoms with Crippen LogP contribution in [0.25, 0.3) is 22.0 Å². The molecule has 5 N–H and O–H groups in total. The third-order valence-corrected chi connectivity index (χ3v) is 4.11. The highest BCUT2D eigenvalue weighted by Crippen LogP contribution is 2.33. The Balaban J connectivity index is 0.00000169. The number of hydrogen-bond acceptors (Lipinski definition) is 5. The molecule has 0 amide bonds. The molecule has 0 fully saturated rings. The van der Waals surface area contributed by atoms with Crippen molar-refractivity contribution in [1.82, 2.24) is 21.1 Å². The second-order valence-corrected chi connectivity index (χ2v) is 5.54. The molecule has 0 unspecified atom stereocenters. The van der Waals surface area contributed by atoms with E-state index in [4.69, 9.17) is 5.73 Å². The first-order valence-corrected chi connectivity index (χ1v) is 7.50. The molecule has 124 valence electrons. The molecule has 1 aromatic heterocycles. The summed E-state index contributed by atoms with van der Waals surface area (Å²) >= 11 is 0. The monoisotopic (exact) mass is 342 g/mol. The molecular weight excluding hydrogens is 324 g/mol. The zero-order valence-electron chi connectivity index (χ0n) is 13.2. The van der Waals surface area contributed by atoms with Gasteiger partial charge in [-0.3, -0.25) is 5.01 Å². The Labute approximate surface area is 146 Å². The lowest BCUT2D eigenvalue weighted by Gasteiger charge is -2.13. The number of nitrogens with one attached hydrogen (secondary N) is 3. The van der Waals surface area contributed by atoms with Gasteiger partial charge in [-0.1, -0.05) is 42.5 Å². The van der Waals surface area contributed by atoms with E-state index in [1.165, 1.54) is 5.39 Å². The normalized spacial score (nSPS) is 13.6. The summed E-state index contributed by atoms with van der Waals surface area (Å²) in [6.07, 6.45) is 0. The van der Waals surface area contributed by atoms with Gasteiger partial charge in [0.2, 0.25) is 0 Å². The summed E-state index contributed by atoms with van der Waals surface area (Å²) in [5, 5.41) is 7.35. The van der Waals surface area contributed by atoms with Crippen molar-refractivity contribution < 1.29 is 0 Å². The summed E-state index contributed by atoms with van der Waals surface area (Å²) in [6, 6.07) is 16.6. The fraction of sp³-hybridized carbons (Fsp3) is 0.118. The van der Waals surface area contributed by atoms with Crippen molar-refractivity contribution in [1.29, 1.82) is 0 Å². The van der Waals surface area contributed by atoms with Gasteiger partial charge in [0.1, 0.15) is 0 Å². The number of hydrogen-bond donors (Lipinski definition) is 4. The quantitative estimate of drug-likeness (QED) is 0.589. The fourth-order valence-electron chi connectivity index (χ4n) is 2.92. The Kier molecular flexibility index (Phi) is 4.44. The van der Waals surface area contributed by atoms with Crippen molar-refractivity contribution in [2.24, 2.45) is 10.8 Å². The second-order valence-electron chi connectivity index (χ2n) is 5.54. The van der Waals surface area contributed by atoms with Gasteiger partial charge in [0.15, 0.2) is 5.84 Å². The molecule has 6 nitrogen and oxygen atoms in total. The van der Waals surface area contributed by atoms with Gasteiger partial charge in [-0.05, 0) is 17.2 Å². The maximum Gasteiger partial charge on any atom is 0.189 e. The van der Waals surface area contributed by atoms with Crippen molar-refractivity contribution in [3.63, 3.8) is 0 Å². The number of rotatable bonds is 3. The summed E-state index contributed by atoms with van der Waals surface area (Å²) in [6.45, 7) is 0.546. The number of benzene rings is 2. The van der Waals surface area contributed by atoms with E-state index in [9.17, 15) is 0 Å². The molecule has 0 radical (unpaired) electrons. The molecule has 0 bridgehead atoms. The third kappa shape index (κ3) is 2.60. The van der Waals surface area contributed by atoms with Gasteiger partial charge in [0.05, 0.1) is 5.69 Å². The molecule has 1 aliphatic rings. The highest BCUT2D eigenvalue weighted by Gasteiger charge is 2.22. The number of hydrazine groups is 2. The topological polar surface area (TPSA) is 81.5 Å². The molecule has 0 saturated carbocycles. The van der Waals surface area contributed by atoms with Gasteiger partial charge in [-0.15, -0.1) is 23.0 Å². The minimum Gasteiger partial charge on any atom is -0.351 e. The van der Waals surface area contributed by atoms with E-state index in [1.807, 2.05) is 24.2 Å². The van der Waals surface area contributed by atoms with Crippen molar-refractivity contribution >= 4 is 29.1 Å². The van der Waals surface area contributed by atoms with Crippen LogP contribution < -0.4 is 16.8 Å². The average molecular weight is 343 g/mol. The predicted octanol–water partition coefficient (Wildman–Crippen LogP) is 2.33. The number of aromatic amines is 1. The maximum atomic E-state index is 5.71. The minimum absolute atomic E-state index is 0. The lowest BCUT2D eigenvalue weighted by molar-refractivity contribution is 0.348. The van der Waals surface area contributed by atoms with E-state index in [-0.39, 0.29) is 12.4 Å². The summed E-state index contributed by atoms with van der Waals surface area (Å²) in [4.78, 5) is 3.49. The van der Waals surface area contributed by atoms with E-state index < -0.39 is 0 Å². The molecule has 7 heteroatoms. The van der Waals surface area contributed by atoms with Gasteiger partial charge < -0.3 is 10.7 Å². The van der Waals surface area contributed by atoms with Crippen LogP contribution in [0.1, 0.15) is 11.3 Å². The molecule has 0 atom stereocenters. The molecule has 1 aliphatic heterocycles. The first-order valence-electron chi connectivity index (χ1n) is 7.50. The van der Waals surface area contributed by atoms with Crippen LogP contribution in [-0.4, -0.2) is 22.9 Å². The second kappa shape index (κ2) is 6.52. The highest BCUT2D eigenvalue weighted by atomic mass is 35.5. The Morgan fingerprint density at radius 1 is 1.08 bits per heavy atom. The molecule has 4 rings (SSSR count). The van der Waals surface area contributed by atoms with Crippen LogP contribution in [0.5, 0.6) is 0 Å². The van der Waals surface area contributed by atoms with Crippen molar-refractivity contribution in [2.75, 3.05) is 7.05 Å². The number of hydrazone groups is 1. The Hall–Kier alpha value is -2.54. The van der Waals surface area contributed by atoms with Crippen LogP contribution >= 0.6 is 12.4 Å². The summed E-state index contributed by atoms with van der Waals surface area (Å²) in [7, 11) is 1.92. The number of nitrogens with zero attached hydrogens (tertiary/aromatic N) is 2. The molecule has 2 aromatic carbocycles. The lowest BCUT2D eigenvalue weighted by atomic mass is 10.00. The Bertz CT molecular complexity index is 884. The molecular formula is C17H19ClN6. The first-order chi connectivity index (χ1) is 11.3. The number of fused-ring (bicyclic) bond motifs is 1. The van der Waals surface area contributed by atoms with E-state index >= 15 is 0 Å². The van der Waals surface area contributed by atoms with Crippen LogP contribution in [0, 0.1) is 0 Å². The standard InChI is InChI=1S/C17H18N6.ClH/c1-23-17(20-21-22-23)16-15(12-8-6-11(10-18)7-9-12)13-4-2-3-5-14(13)19-16;/h2-9,19,21-22H,10,18H2,1H3;1H. The lowest BCUT2D eigenvalue weighted by Crippen LogP contribution is -2.37. The van der Waals surface area contributed by atoms with Gasteiger partial charge >= 0.3 is 0 Å². The van der Waals surface area contributed by atoms with Crippen LogP contribution in [-0.2, 0) is 6.54 Å². The van der Waals surface area contributed by atoms with Crippen molar-refractivity contribution in [2.45, 2.75) is 6.54 Å². The average Bonchev–Trinajstić information content (AvgIpc) is 3.18. The molecule has 3 aromatic rings. The minimum atomic E-state index is 0. The molecule has 24 heavy (non-hydrogen) atoms. The largest absolute Gasteiger partial charge is 0.351 e. The van der Waals surface area contributed by atoms with E-state index in [0.29, 0.717) is 6.54 Å². The third-order valence-electron chi connectivity index (χ3n) is 4.11. The van der Waals surface area contributed by atoms with Crippen molar-refractivity contribution in [3.05, 3.63) is 59.8 Å². The van der Waals surface area contributed by atoms with Crippen molar-refractivity contribution in [3.8, 4) is 11.1 Å². The maximum absolute atomic E-state index is 5.71. The van der Waals surface area contributed by atoms with Gasteiger partial charge in [-0.2, -0.15) is 0 Å². The predicted molar refractivity (Wildman–Crippen MR) is 99.4 cm³/mol. The SMILES string of the molecule is CN1NNN=C1c1[nH]c2ccccc2c1-c1ccc(CN)cc1.Cl. The number of H-pyrrole nitrogens is 1. The van der Waals surface area contributed by atoms with E-state index in [2.05, 4.69) is 57.6 Å². The smallest absolute Gasteiger partial charge is 0.189 e. The Morgan fingerprint density at radius 2 is 1.83 bits per heavy atom. The van der Waals surface area contributed by atoms with Gasteiger partial charge in [-0.25, -0.2) is 5.53 Å². The number of amidine groups is 1. The van der Waals surface area contributed by atoms with Crippen LogP contribution in [0.15, 0.2) is 53.6 Å². The summed E-state index contributed by atoms with van der Waals surface area (Å²) < 4.78 is 0.